The summed E-state index contributed by atoms with van der Waals surface area (Å²) >= 11 is 9.06. The molecule has 1 aliphatic rings. The lowest BCUT2D eigenvalue weighted by Crippen LogP contribution is -2.42. The van der Waals surface area contributed by atoms with Gasteiger partial charge in [-0.05, 0) is 27.6 Å². The number of alkyl halides is 1. The van der Waals surface area contributed by atoms with Gasteiger partial charge < -0.3 is 4.74 Å². The van der Waals surface area contributed by atoms with Gasteiger partial charge in [0.15, 0.2) is 0 Å². The molecule has 1 fully saturated rings. The number of morpholine rings is 1. The van der Waals surface area contributed by atoms with Crippen LogP contribution in [0.15, 0.2) is 22.7 Å². The van der Waals surface area contributed by atoms with Gasteiger partial charge in [-0.25, -0.2) is 4.39 Å². The lowest BCUT2D eigenvalue weighted by atomic mass is 10.2. The summed E-state index contributed by atoms with van der Waals surface area (Å²) in [5.41, 5.74) is 0.959. The molecule has 0 saturated carbocycles. The second-order valence-corrected chi connectivity index (χ2v) is 5.20. The normalized spacial score (nSPS) is 21.7. The molecule has 0 aliphatic carbocycles. The van der Waals surface area contributed by atoms with E-state index in [1.807, 2.05) is 6.07 Å². The van der Waals surface area contributed by atoms with Crippen molar-refractivity contribution in [3.63, 3.8) is 0 Å². The molecule has 1 aromatic carbocycles. The second kappa shape index (κ2) is 6.14. The quantitative estimate of drug-likeness (QED) is 0.793. The molecule has 0 radical (unpaired) electrons. The summed E-state index contributed by atoms with van der Waals surface area (Å²) in [6.07, 6.45) is 0.0813. The molecule has 17 heavy (non-hydrogen) atoms. The summed E-state index contributed by atoms with van der Waals surface area (Å²) in [5, 5.41) is 0. The molecule has 0 amide bonds. The van der Waals surface area contributed by atoms with E-state index in [1.54, 1.807) is 6.07 Å². The van der Waals surface area contributed by atoms with Gasteiger partial charge in [-0.1, -0.05) is 12.1 Å². The summed E-state index contributed by atoms with van der Waals surface area (Å²) in [6, 6.07) is 5.11. The molecule has 1 heterocycles. The van der Waals surface area contributed by atoms with Crippen molar-refractivity contribution in [2.45, 2.75) is 12.6 Å². The zero-order valence-corrected chi connectivity index (χ0v) is 11.7. The van der Waals surface area contributed by atoms with E-state index >= 15 is 0 Å². The molecule has 0 aromatic heterocycles. The molecule has 1 atom stereocenters. The average Bonchev–Trinajstić information content (AvgIpc) is 2.35. The van der Waals surface area contributed by atoms with E-state index in [9.17, 15) is 4.39 Å². The van der Waals surface area contributed by atoms with E-state index in [1.165, 1.54) is 6.07 Å². The summed E-state index contributed by atoms with van der Waals surface area (Å²) in [6.45, 7) is 3.06. The van der Waals surface area contributed by atoms with Crippen LogP contribution in [0.5, 0.6) is 0 Å². The van der Waals surface area contributed by atoms with Crippen LogP contribution in [0, 0.1) is 5.82 Å². The Morgan fingerprint density at radius 2 is 2.35 bits per heavy atom. The number of benzene rings is 1. The molecular weight excluding hydrogens is 308 g/mol. The molecule has 2 rings (SSSR count). The summed E-state index contributed by atoms with van der Waals surface area (Å²) < 4.78 is 19.4. The first-order valence-electron chi connectivity index (χ1n) is 5.53. The van der Waals surface area contributed by atoms with Gasteiger partial charge in [-0.15, -0.1) is 11.6 Å². The van der Waals surface area contributed by atoms with Crippen LogP contribution < -0.4 is 0 Å². The Labute approximate surface area is 114 Å². The third-order valence-electron chi connectivity index (χ3n) is 2.82. The number of rotatable bonds is 3. The van der Waals surface area contributed by atoms with Gasteiger partial charge in [0, 0.05) is 25.5 Å². The topological polar surface area (TPSA) is 12.5 Å². The first kappa shape index (κ1) is 13.3. The molecule has 0 bridgehead atoms. The van der Waals surface area contributed by atoms with Crippen molar-refractivity contribution in [3.8, 4) is 0 Å². The molecule has 94 valence electrons. The van der Waals surface area contributed by atoms with Crippen molar-refractivity contribution in [1.29, 1.82) is 0 Å². The largest absolute Gasteiger partial charge is 0.374 e. The van der Waals surface area contributed by atoms with Gasteiger partial charge in [-0.2, -0.15) is 0 Å². The third kappa shape index (κ3) is 3.41. The standard InChI is InChI=1S/C12H14BrClFNO/c13-12-9(2-1-3-11(12)15)7-16-4-5-17-10(6-14)8-16/h1-3,10H,4-8H2. The fourth-order valence-electron chi connectivity index (χ4n) is 1.93. The monoisotopic (exact) mass is 321 g/mol. The van der Waals surface area contributed by atoms with Gasteiger partial charge >= 0.3 is 0 Å². The molecule has 0 spiro atoms. The van der Waals surface area contributed by atoms with E-state index in [0.29, 0.717) is 17.0 Å². The van der Waals surface area contributed by atoms with Crippen molar-refractivity contribution in [3.05, 3.63) is 34.1 Å². The highest BCUT2D eigenvalue weighted by Crippen LogP contribution is 2.22. The highest BCUT2D eigenvalue weighted by Gasteiger charge is 2.20. The van der Waals surface area contributed by atoms with Crippen molar-refractivity contribution >= 4 is 27.5 Å². The fraction of sp³-hybridized carbons (Fsp3) is 0.500. The zero-order chi connectivity index (χ0) is 12.3. The van der Waals surface area contributed by atoms with Gasteiger partial charge in [0.2, 0.25) is 0 Å². The highest BCUT2D eigenvalue weighted by atomic mass is 79.9. The zero-order valence-electron chi connectivity index (χ0n) is 9.33. The molecular formula is C12H14BrClFNO. The van der Waals surface area contributed by atoms with Crippen LogP contribution in [-0.2, 0) is 11.3 Å². The number of hydrogen-bond donors (Lipinski definition) is 0. The smallest absolute Gasteiger partial charge is 0.137 e. The molecule has 1 unspecified atom stereocenters. The Bertz CT molecular complexity index is 391. The van der Waals surface area contributed by atoms with Crippen molar-refractivity contribution < 1.29 is 9.13 Å². The Balaban J connectivity index is 2.02. The Morgan fingerprint density at radius 3 is 3.12 bits per heavy atom. The third-order valence-corrected chi connectivity index (χ3v) is 4.05. The van der Waals surface area contributed by atoms with Crippen LogP contribution in [0.1, 0.15) is 5.56 Å². The van der Waals surface area contributed by atoms with Crippen molar-refractivity contribution in [1.82, 2.24) is 4.90 Å². The molecule has 1 saturated heterocycles. The minimum absolute atomic E-state index is 0.0813. The van der Waals surface area contributed by atoms with Crippen LogP contribution in [0.25, 0.3) is 0 Å². The maximum absolute atomic E-state index is 13.4. The Hall–Kier alpha value is -0.160. The van der Waals surface area contributed by atoms with Crippen LogP contribution in [-0.4, -0.2) is 36.6 Å². The number of halogens is 3. The van der Waals surface area contributed by atoms with Gasteiger partial charge in [-0.3, -0.25) is 4.90 Å². The van der Waals surface area contributed by atoms with Gasteiger partial charge in [0.05, 0.1) is 17.2 Å². The second-order valence-electron chi connectivity index (χ2n) is 4.10. The van der Waals surface area contributed by atoms with Gasteiger partial charge in [0.25, 0.3) is 0 Å². The SMILES string of the molecule is Fc1cccc(CN2CCOC(CCl)C2)c1Br. The first-order chi connectivity index (χ1) is 8.20. The Morgan fingerprint density at radius 1 is 1.53 bits per heavy atom. The maximum atomic E-state index is 13.4. The van der Waals surface area contributed by atoms with E-state index in [-0.39, 0.29) is 11.9 Å². The van der Waals surface area contributed by atoms with Crippen molar-refractivity contribution in [2.24, 2.45) is 0 Å². The van der Waals surface area contributed by atoms with Crippen LogP contribution >= 0.6 is 27.5 Å². The Kier molecular flexibility index (Phi) is 4.79. The fourth-order valence-corrected chi connectivity index (χ4v) is 2.51. The number of ether oxygens (including phenoxy) is 1. The minimum atomic E-state index is -0.218. The summed E-state index contributed by atoms with van der Waals surface area (Å²) in [5.74, 6) is 0.283. The summed E-state index contributed by atoms with van der Waals surface area (Å²) in [7, 11) is 0. The number of hydrogen-bond acceptors (Lipinski definition) is 2. The maximum Gasteiger partial charge on any atom is 0.137 e. The van der Waals surface area contributed by atoms with E-state index in [0.717, 1.165) is 25.2 Å². The number of nitrogens with zero attached hydrogens (tertiary/aromatic N) is 1. The van der Waals surface area contributed by atoms with Crippen LogP contribution in [0.3, 0.4) is 0 Å². The highest BCUT2D eigenvalue weighted by molar-refractivity contribution is 9.10. The lowest BCUT2D eigenvalue weighted by Gasteiger charge is -2.32. The van der Waals surface area contributed by atoms with Crippen LogP contribution in [0.2, 0.25) is 0 Å². The first-order valence-corrected chi connectivity index (χ1v) is 6.86. The van der Waals surface area contributed by atoms with E-state index in [2.05, 4.69) is 20.8 Å². The molecule has 1 aliphatic heterocycles. The predicted molar refractivity (Wildman–Crippen MR) is 69.8 cm³/mol. The van der Waals surface area contributed by atoms with Crippen molar-refractivity contribution in [2.75, 3.05) is 25.6 Å². The molecule has 0 N–H and O–H groups in total. The molecule has 5 heteroatoms. The lowest BCUT2D eigenvalue weighted by molar-refractivity contribution is -0.0194. The van der Waals surface area contributed by atoms with Gasteiger partial charge in [0.1, 0.15) is 5.82 Å². The molecule has 2 nitrogen and oxygen atoms in total. The minimum Gasteiger partial charge on any atom is -0.374 e. The molecule has 1 aromatic rings. The predicted octanol–water partition coefficient (Wildman–Crippen LogP) is 3.03. The average molecular weight is 323 g/mol. The van der Waals surface area contributed by atoms with E-state index in [4.69, 9.17) is 16.3 Å². The van der Waals surface area contributed by atoms with E-state index < -0.39 is 0 Å². The summed E-state index contributed by atoms with van der Waals surface area (Å²) in [4.78, 5) is 2.23. The van der Waals surface area contributed by atoms with Crippen LogP contribution in [0.4, 0.5) is 4.39 Å².